The zero-order valence-electron chi connectivity index (χ0n) is 13.1. The molecule has 0 radical (unpaired) electrons. The van der Waals surface area contributed by atoms with Gasteiger partial charge in [-0.05, 0) is 42.8 Å². The van der Waals surface area contributed by atoms with Gasteiger partial charge < -0.3 is 5.32 Å². The number of nitrogens with one attached hydrogen (secondary N) is 1. The van der Waals surface area contributed by atoms with Crippen LogP contribution in [-0.2, 0) is 0 Å². The molecule has 0 spiro atoms. The predicted molar refractivity (Wildman–Crippen MR) is 86.5 cm³/mol. The molecule has 7 heteroatoms. The highest BCUT2D eigenvalue weighted by atomic mass is 19.1. The first-order chi connectivity index (χ1) is 12.0. The van der Waals surface area contributed by atoms with E-state index < -0.39 is 34.6 Å². The zero-order valence-corrected chi connectivity index (χ0v) is 13.1. The second-order valence-corrected chi connectivity index (χ2v) is 5.27. The Bertz CT molecular complexity index is 940. The SMILES string of the molecule is Cc1ccncc1NC(=O)c1ccc(F)c(-c2c(F)cccc2F)n1. The molecular formula is C18H12F3N3O. The minimum Gasteiger partial charge on any atom is -0.319 e. The van der Waals surface area contributed by atoms with Crippen molar-refractivity contribution in [1.82, 2.24) is 9.97 Å². The van der Waals surface area contributed by atoms with Gasteiger partial charge in [-0.3, -0.25) is 9.78 Å². The summed E-state index contributed by atoms with van der Waals surface area (Å²) in [6, 6.07) is 6.93. The minimum absolute atomic E-state index is 0.178. The van der Waals surface area contributed by atoms with E-state index in [0.29, 0.717) is 5.69 Å². The van der Waals surface area contributed by atoms with Gasteiger partial charge in [-0.15, -0.1) is 0 Å². The molecule has 0 bridgehead atoms. The van der Waals surface area contributed by atoms with Crippen LogP contribution in [0.2, 0.25) is 0 Å². The number of hydrogen-bond acceptors (Lipinski definition) is 3. The molecule has 0 aliphatic rings. The molecule has 0 fully saturated rings. The standard InChI is InChI=1S/C18H12F3N3O/c1-10-7-8-22-9-15(10)24-18(25)14-6-5-13(21)17(23-14)16-11(19)3-2-4-12(16)20/h2-9H,1H3,(H,24,25). The summed E-state index contributed by atoms with van der Waals surface area (Å²) in [6.07, 6.45) is 3.02. The molecular weight excluding hydrogens is 331 g/mol. The van der Waals surface area contributed by atoms with E-state index in [1.54, 1.807) is 19.2 Å². The molecule has 1 amide bonds. The van der Waals surface area contributed by atoms with Crippen molar-refractivity contribution in [2.24, 2.45) is 0 Å². The van der Waals surface area contributed by atoms with Crippen LogP contribution in [0, 0.1) is 24.4 Å². The fourth-order valence-corrected chi connectivity index (χ4v) is 2.25. The quantitative estimate of drug-likeness (QED) is 0.778. The first-order valence-corrected chi connectivity index (χ1v) is 7.30. The molecule has 25 heavy (non-hydrogen) atoms. The Kier molecular flexibility index (Phi) is 4.47. The van der Waals surface area contributed by atoms with Gasteiger partial charge in [-0.1, -0.05) is 6.07 Å². The van der Waals surface area contributed by atoms with Crippen LogP contribution < -0.4 is 5.32 Å². The Labute approximate surface area is 141 Å². The van der Waals surface area contributed by atoms with Crippen LogP contribution in [0.15, 0.2) is 48.8 Å². The molecule has 0 aliphatic heterocycles. The van der Waals surface area contributed by atoms with Crippen molar-refractivity contribution in [2.45, 2.75) is 6.92 Å². The van der Waals surface area contributed by atoms with Crippen LogP contribution in [0.3, 0.4) is 0 Å². The summed E-state index contributed by atoms with van der Waals surface area (Å²) >= 11 is 0. The average Bonchev–Trinajstić information content (AvgIpc) is 2.58. The van der Waals surface area contributed by atoms with Gasteiger partial charge in [-0.2, -0.15) is 0 Å². The van der Waals surface area contributed by atoms with E-state index in [1.165, 1.54) is 6.20 Å². The van der Waals surface area contributed by atoms with Crippen LogP contribution in [0.4, 0.5) is 18.9 Å². The fourth-order valence-electron chi connectivity index (χ4n) is 2.25. The summed E-state index contributed by atoms with van der Waals surface area (Å²) < 4.78 is 41.8. The highest BCUT2D eigenvalue weighted by Crippen LogP contribution is 2.27. The summed E-state index contributed by atoms with van der Waals surface area (Å²) in [5, 5.41) is 2.58. The molecule has 1 N–H and O–H groups in total. The van der Waals surface area contributed by atoms with Crippen molar-refractivity contribution in [3.63, 3.8) is 0 Å². The molecule has 3 aromatic rings. The summed E-state index contributed by atoms with van der Waals surface area (Å²) in [5.41, 5.74) is -0.135. The fraction of sp³-hybridized carbons (Fsp3) is 0.0556. The highest BCUT2D eigenvalue weighted by Gasteiger charge is 2.19. The monoisotopic (exact) mass is 343 g/mol. The van der Waals surface area contributed by atoms with Crippen LogP contribution in [0.5, 0.6) is 0 Å². The largest absolute Gasteiger partial charge is 0.319 e. The van der Waals surface area contributed by atoms with Crippen molar-refractivity contribution < 1.29 is 18.0 Å². The lowest BCUT2D eigenvalue weighted by molar-refractivity contribution is 0.102. The van der Waals surface area contributed by atoms with E-state index in [1.807, 2.05) is 0 Å². The van der Waals surface area contributed by atoms with Gasteiger partial charge >= 0.3 is 0 Å². The van der Waals surface area contributed by atoms with Crippen molar-refractivity contribution in [2.75, 3.05) is 5.32 Å². The maximum Gasteiger partial charge on any atom is 0.274 e. The first-order valence-electron chi connectivity index (χ1n) is 7.30. The maximum absolute atomic E-state index is 14.0. The summed E-state index contributed by atoms with van der Waals surface area (Å²) in [7, 11) is 0. The van der Waals surface area contributed by atoms with Crippen molar-refractivity contribution in [3.8, 4) is 11.3 Å². The lowest BCUT2D eigenvalue weighted by Gasteiger charge is -2.10. The lowest BCUT2D eigenvalue weighted by atomic mass is 10.1. The van der Waals surface area contributed by atoms with Gasteiger partial charge in [0.15, 0.2) is 0 Å². The molecule has 126 valence electrons. The molecule has 4 nitrogen and oxygen atoms in total. The molecule has 0 unspecified atom stereocenters. The van der Waals surface area contributed by atoms with E-state index >= 15 is 0 Å². The normalized spacial score (nSPS) is 10.6. The smallest absolute Gasteiger partial charge is 0.274 e. The Morgan fingerprint density at radius 3 is 2.40 bits per heavy atom. The number of rotatable bonds is 3. The van der Waals surface area contributed by atoms with E-state index in [2.05, 4.69) is 15.3 Å². The Morgan fingerprint density at radius 1 is 1.00 bits per heavy atom. The van der Waals surface area contributed by atoms with Crippen molar-refractivity contribution in [1.29, 1.82) is 0 Å². The molecule has 0 aliphatic carbocycles. The Morgan fingerprint density at radius 2 is 1.72 bits per heavy atom. The van der Waals surface area contributed by atoms with Crippen molar-refractivity contribution in [3.05, 3.63) is 77.5 Å². The summed E-state index contributed by atoms with van der Waals surface area (Å²) in [6.45, 7) is 1.77. The molecule has 1 aromatic carbocycles. The van der Waals surface area contributed by atoms with Crippen LogP contribution in [-0.4, -0.2) is 15.9 Å². The molecule has 0 saturated carbocycles. The number of hydrogen-bond donors (Lipinski definition) is 1. The number of nitrogens with zero attached hydrogens (tertiary/aromatic N) is 2. The molecule has 2 aromatic heterocycles. The van der Waals surface area contributed by atoms with Gasteiger partial charge in [-0.25, -0.2) is 18.2 Å². The predicted octanol–water partition coefficient (Wildman–Crippen LogP) is 4.12. The van der Waals surface area contributed by atoms with Crippen LogP contribution >= 0.6 is 0 Å². The third-order valence-corrected chi connectivity index (χ3v) is 3.57. The number of carbonyl (C=O) groups excluding carboxylic acids is 1. The van der Waals surface area contributed by atoms with Gasteiger partial charge in [0, 0.05) is 6.20 Å². The second kappa shape index (κ2) is 6.72. The number of aryl methyl sites for hydroxylation is 1. The molecule has 0 atom stereocenters. The van der Waals surface area contributed by atoms with E-state index in [4.69, 9.17) is 0 Å². The van der Waals surface area contributed by atoms with E-state index in [0.717, 1.165) is 35.9 Å². The third-order valence-electron chi connectivity index (χ3n) is 3.57. The third kappa shape index (κ3) is 3.35. The van der Waals surface area contributed by atoms with Gasteiger partial charge in [0.2, 0.25) is 0 Å². The van der Waals surface area contributed by atoms with Gasteiger partial charge in [0.1, 0.15) is 28.8 Å². The first kappa shape index (κ1) is 16.6. The number of pyridine rings is 2. The van der Waals surface area contributed by atoms with E-state index in [-0.39, 0.29) is 5.69 Å². The van der Waals surface area contributed by atoms with Gasteiger partial charge in [0.05, 0.1) is 17.4 Å². The minimum atomic E-state index is -0.966. The molecule has 3 rings (SSSR count). The highest BCUT2D eigenvalue weighted by molar-refractivity contribution is 6.03. The summed E-state index contributed by atoms with van der Waals surface area (Å²) in [5.74, 6) is -3.51. The van der Waals surface area contributed by atoms with Crippen LogP contribution in [0.1, 0.15) is 16.1 Å². The number of carbonyl (C=O) groups is 1. The number of aromatic nitrogens is 2. The topological polar surface area (TPSA) is 54.9 Å². The van der Waals surface area contributed by atoms with Crippen molar-refractivity contribution >= 4 is 11.6 Å². The number of benzene rings is 1. The zero-order chi connectivity index (χ0) is 18.0. The average molecular weight is 343 g/mol. The Hall–Kier alpha value is -3.22. The lowest BCUT2D eigenvalue weighted by Crippen LogP contribution is -2.15. The van der Waals surface area contributed by atoms with Gasteiger partial charge in [0.25, 0.3) is 5.91 Å². The molecule has 2 heterocycles. The molecule has 0 saturated heterocycles. The summed E-state index contributed by atoms with van der Waals surface area (Å²) in [4.78, 5) is 20.0. The second-order valence-electron chi connectivity index (χ2n) is 5.27. The number of halogens is 3. The maximum atomic E-state index is 14.0. The number of amides is 1. The van der Waals surface area contributed by atoms with E-state index in [9.17, 15) is 18.0 Å². The Balaban J connectivity index is 2.00. The number of anilines is 1. The van der Waals surface area contributed by atoms with Crippen LogP contribution in [0.25, 0.3) is 11.3 Å².